The summed E-state index contributed by atoms with van der Waals surface area (Å²) in [5.74, 6) is 1.97. The molecule has 6 heteroatoms. The summed E-state index contributed by atoms with van der Waals surface area (Å²) < 4.78 is 7.58. The first kappa shape index (κ1) is 13.5. The zero-order chi connectivity index (χ0) is 13.0. The van der Waals surface area contributed by atoms with E-state index in [0.717, 1.165) is 44.1 Å². The fourth-order valence-electron chi connectivity index (χ4n) is 2.24. The minimum atomic E-state index is 0.110. The van der Waals surface area contributed by atoms with Gasteiger partial charge in [-0.1, -0.05) is 0 Å². The lowest BCUT2D eigenvalue weighted by Crippen LogP contribution is -2.37. The summed E-state index contributed by atoms with van der Waals surface area (Å²) in [6, 6.07) is 0. The third-order valence-corrected chi connectivity index (χ3v) is 3.53. The molecule has 0 amide bonds. The maximum atomic E-state index is 8.72. The van der Waals surface area contributed by atoms with Crippen LogP contribution in [0.15, 0.2) is 0 Å². The Kier molecular flexibility index (Phi) is 4.68. The van der Waals surface area contributed by atoms with Crippen molar-refractivity contribution in [2.75, 3.05) is 26.3 Å². The molecule has 0 unspecified atom stereocenters. The molecule has 1 aromatic rings. The summed E-state index contributed by atoms with van der Waals surface area (Å²) in [5.41, 5.74) is 0. The average Bonchev–Trinajstić information content (AvgIpc) is 2.70. The standard InChI is InChI=1S/C12H22N4O2/c1-10-13-14-12(15(10)2)9-16-5-3-11(4-6-16)18-8-7-17/h11,17H,3-9H2,1-2H3. The van der Waals surface area contributed by atoms with Gasteiger partial charge in [0.2, 0.25) is 0 Å². The molecule has 0 aromatic carbocycles. The van der Waals surface area contributed by atoms with Gasteiger partial charge < -0.3 is 14.4 Å². The second-order valence-electron chi connectivity index (χ2n) is 4.79. The van der Waals surface area contributed by atoms with Crippen LogP contribution in [0.1, 0.15) is 24.5 Å². The van der Waals surface area contributed by atoms with Crippen LogP contribution >= 0.6 is 0 Å². The minimum absolute atomic E-state index is 0.110. The number of rotatable bonds is 5. The van der Waals surface area contributed by atoms with Crippen LogP contribution in [-0.2, 0) is 18.3 Å². The molecule has 1 aromatic heterocycles. The summed E-state index contributed by atoms with van der Waals surface area (Å²) >= 11 is 0. The molecule has 1 saturated heterocycles. The van der Waals surface area contributed by atoms with Crippen LogP contribution in [0.2, 0.25) is 0 Å². The van der Waals surface area contributed by atoms with E-state index in [0.29, 0.717) is 12.7 Å². The molecule has 1 N–H and O–H groups in total. The van der Waals surface area contributed by atoms with E-state index in [2.05, 4.69) is 15.1 Å². The van der Waals surface area contributed by atoms with Crippen molar-refractivity contribution in [3.05, 3.63) is 11.6 Å². The van der Waals surface area contributed by atoms with Crippen LogP contribution < -0.4 is 0 Å². The largest absolute Gasteiger partial charge is 0.394 e. The van der Waals surface area contributed by atoms with Crippen LogP contribution in [0.4, 0.5) is 0 Å². The third kappa shape index (κ3) is 3.28. The zero-order valence-electron chi connectivity index (χ0n) is 11.2. The lowest BCUT2D eigenvalue weighted by atomic mass is 10.1. The maximum Gasteiger partial charge on any atom is 0.146 e. The van der Waals surface area contributed by atoms with Gasteiger partial charge in [-0.2, -0.15) is 0 Å². The van der Waals surface area contributed by atoms with Crippen LogP contribution in [-0.4, -0.2) is 57.2 Å². The normalized spacial score (nSPS) is 18.4. The van der Waals surface area contributed by atoms with Crippen molar-refractivity contribution in [3.63, 3.8) is 0 Å². The van der Waals surface area contributed by atoms with Gasteiger partial charge in [-0.3, -0.25) is 4.90 Å². The second kappa shape index (κ2) is 6.26. The summed E-state index contributed by atoms with van der Waals surface area (Å²) in [7, 11) is 2.00. The van der Waals surface area contributed by atoms with Gasteiger partial charge in [0.05, 0.1) is 25.9 Å². The van der Waals surface area contributed by atoms with Crippen molar-refractivity contribution in [1.29, 1.82) is 0 Å². The molecule has 0 aliphatic carbocycles. The molecule has 18 heavy (non-hydrogen) atoms. The Bertz CT molecular complexity index is 372. The quantitative estimate of drug-likeness (QED) is 0.807. The van der Waals surface area contributed by atoms with E-state index in [4.69, 9.17) is 9.84 Å². The number of hydrogen-bond acceptors (Lipinski definition) is 5. The lowest BCUT2D eigenvalue weighted by Gasteiger charge is -2.31. The first-order chi connectivity index (χ1) is 8.70. The summed E-state index contributed by atoms with van der Waals surface area (Å²) in [5, 5.41) is 17.0. The van der Waals surface area contributed by atoms with E-state index in [-0.39, 0.29) is 6.61 Å². The number of nitrogens with zero attached hydrogens (tertiary/aromatic N) is 4. The Hall–Kier alpha value is -0.980. The lowest BCUT2D eigenvalue weighted by molar-refractivity contribution is -0.00950. The van der Waals surface area contributed by atoms with Gasteiger partial charge in [0.1, 0.15) is 11.6 Å². The topological polar surface area (TPSA) is 63.4 Å². The van der Waals surface area contributed by atoms with Crippen molar-refractivity contribution < 1.29 is 9.84 Å². The number of aliphatic hydroxyl groups is 1. The van der Waals surface area contributed by atoms with Crippen LogP contribution in [0.5, 0.6) is 0 Å². The highest BCUT2D eigenvalue weighted by Crippen LogP contribution is 2.15. The molecule has 2 rings (SSSR count). The molecular formula is C12H22N4O2. The number of ether oxygens (including phenoxy) is 1. The van der Waals surface area contributed by atoms with Crippen molar-refractivity contribution in [3.8, 4) is 0 Å². The molecule has 1 aliphatic heterocycles. The zero-order valence-corrected chi connectivity index (χ0v) is 11.2. The minimum Gasteiger partial charge on any atom is -0.394 e. The Morgan fingerprint density at radius 1 is 1.33 bits per heavy atom. The van der Waals surface area contributed by atoms with Crippen LogP contribution in [0.25, 0.3) is 0 Å². The molecular weight excluding hydrogens is 232 g/mol. The fourth-order valence-corrected chi connectivity index (χ4v) is 2.24. The predicted octanol–water partition coefficient (Wildman–Crippen LogP) is 0.0968. The van der Waals surface area contributed by atoms with Crippen LogP contribution in [0.3, 0.4) is 0 Å². The molecule has 0 radical (unpaired) electrons. The van der Waals surface area contributed by atoms with E-state index in [1.807, 2.05) is 18.5 Å². The van der Waals surface area contributed by atoms with Gasteiger partial charge in [0.25, 0.3) is 0 Å². The van der Waals surface area contributed by atoms with Gasteiger partial charge in [-0.15, -0.1) is 10.2 Å². The highest BCUT2D eigenvalue weighted by Gasteiger charge is 2.20. The molecule has 0 bridgehead atoms. The Morgan fingerprint density at radius 2 is 2.06 bits per heavy atom. The highest BCUT2D eigenvalue weighted by atomic mass is 16.5. The van der Waals surface area contributed by atoms with Crippen molar-refractivity contribution in [2.24, 2.45) is 7.05 Å². The van der Waals surface area contributed by atoms with E-state index in [1.165, 1.54) is 0 Å². The second-order valence-corrected chi connectivity index (χ2v) is 4.79. The summed E-state index contributed by atoms with van der Waals surface area (Å²) in [4.78, 5) is 2.38. The van der Waals surface area contributed by atoms with E-state index in [1.54, 1.807) is 0 Å². The fraction of sp³-hybridized carbons (Fsp3) is 0.833. The number of aliphatic hydroxyl groups excluding tert-OH is 1. The average molecular weight is 254 g/mol. The summed E-state index contributed by atoms with van der Waals surface area (Å²) in [6.45, 7) is 5.41. The number of hydrogen-bond donors (Lipinski definition) is 1. The SMILES string of the molecule is Cc1nnc(CN2CCC(OCCO)CC2)n1C. The number of aryl methyl sites for hydroxylation is 1. The Balaban J connectivity index is 1.78. The smallest absolute Gasteiger partial charge is 0.146 e. The van der Waals surface area contributed by atoms with E-state index in [9.17, 15) is 0 Å². The third-order valence-electron chi connectivity index (χ3n) is 3.53. The van der Waals surface area contributed by atoms with Crippen molar-refractivity contribution in [1.82, 2.24) is 19.7 Å². The highest BCUT2D eigenvalue weighted by molar-refractivity contribution is 4.93. The Labute approximate surface area is 108 Å². The summed E-state index contributed by atoms with van der Waals surface area (Å²) in [6.07, 6.45) is 2.35. The Morgan fingerprint density at radius 3 is 2.61 bits per heavy atom. The molecule has 2 heterocycles. The van der Waals surface area contributed by atoms with E-state index >= 15 is 0 Å². The number of aromatic nitrogens is 3. The number of piperidine rings is 1. The van der Waals surface area contributed by atoms with Crippen LogP contribution in [0, 0.1) is 6.92 Å². The van der Waals surface area contributed by atoms with Gasteiger partial charge in [0.15, 0.2) is 0 Å². The van der Waals surface area contributed by atoms with Gasteiger partial charge in [-0.05, 0) is 19.8 Å². The van der Waals surface area contributed by atoms with Crippen molar-refractivity contribution >= 4 is 0 Å². The monoisotopic (exact) mass is 254 g/mol. The molecule has 0 atom stereocenters. The van der Waals surface area contributed by atoms with Gasteiger partial charge in [-0.25, -0.2) is 0 Å². The molecule has 0 saturated carbocycles. The maximum absolute atomic E-state index is 8.72. The molecule has 0 spiro atoms. The first-order valence-corrected chi connectivity index (χ1v) is 6.50. The van der Waals surface area contributed by atoms with Gasteiger partial charge in [0, 0.05) is 20.1 Å². The number of likely N-dealkylation sites (tertiary alicyclic amines) is 1. The molecule has 1 fully saturated rings. The molecule has 6 nitrogen and oxygen atoms in total. The molecule has 1 aliphatic rings. The molecule has 102 valence electrons. The first-order valence-electron chi connectivity index (χ1n) is 6.50. The predicted molar refractivity (Wildman–Crippen MR) is 67.1 cm³/mol. The van der Waals surface area contributed by atoms with Gasteiger partial charge >= 0.3 is 0 Å². The van der Waals surface area contributed by atoms with E-state index < -0.39 is 0 Å². The van der Waals surface area contributed by atoms with Crippen molar-refractivity contribution in [2.45, 2.75) is 32.4 Å².